The number of amides is 1. The monoisotopic (exact) mass is 171 g/mol. The van der Waals surface area contributed by atoms with E-state index < -0.39 is 0 Å². The van der Waals surface area contributed by atoms with E-state index >= 15 is 0 Å². The molecule has 1 unspecified atom stereocenters. The van der Waals surface area contributed by atoms with E-state index in [1.807, 2.05) is 13.8 Å². The van der Waals surface area contributed by atoms with E-state index in [1.165, 1.54) is 0 Å². The van der Waals surface area contributed by atoms with Gasteiger partial charge in [0.05, 0.1) is 12.7 Å². The fraction of sp³-hybridized carbons (Fsp3) is 0.889. The number of hydrogen-bond acceptors (Lipinski definition) is 2. The van der Waals surface area contributed by atoms with E-state index in [9.17, 15) is 4.79 Å². The summed E-state index contributed by atoms with van der Waals surface area (Å²) in [5.74, 6) is 0.360. The van der Waals surface area contributed by atoms with Gasteiger partial charge in [0.15, 0.2) is 0 Å². The molecule has 1 amide bonds. The molecule has 1 fully saturated rings. The largest absolute Gasteiger partial charge is 0.371 e. The Morgan fingerprint density at radius 1 is 1.58 bits per heavy atom. The molecule has 1 N–H and O–H groups in total. The van der Waals surface area contributed by atoms with Crippen LogP contribution in [0.3, 0.4) is 0 Å². The minimum atomic E-state index is 0.176. The van der Waals surface area contributed by atoms with Gasteiger partial charge in [0.1, 0.15) is 0 Å². The molecule has 1 aliphatic rings. The molecule has 1 saturated heterocycles. The van der Waals surface area contributed by atoms with Crippen molar-refractivity contribution in [3.8, 4) is 0 Å². The van der Waals surface area contributed by atoms with Gasteiger partial charge in [-0.15, -0.1) is 0 Å². The summed E-state index contributed by atoms with van der Waals surface area (Å²) in [5, 5.41) is 2.88. The first-order valence-electron chi connectivity index (χ1n) is 4.67. The Balaban J connectivity index is 2.15. The van der Waals surface area contributed by atoms with E-state index in [4.69, 9.17) is 4.74 Å². The number of ether oxygens (including phenoxy) is 1. The summed E-state index contributed by atoms with van der Waals surface area (Å²) < 4.78 is 4.99. The van der Waals surface area contributed by atoms with Crippen LogP contribution in [-0.4, -0.2) is 25.2 Å². The maximum absolute atomic E-state index is 11.4. The first-order chi connectivity index (χ1) is 5.77. The lowest BCUT2D eigenvalue weighted by atomic mass is 10.0. The Morgan fingerprint density at radius 2 is 2.17 bits per heavy atom. The fourth-order valence-electron chi connectivity index (χ4n) is 1.20. The highest BCUT2D eigenvalue weighted by atomic mass is 16.6. The number of epoxide rings is 1. The summed E-state index contributed by atoms with van der Waals surface area (Å²) in [6.07, 6.45) is 2.14. The number of hydrogen-bond donors (Lipinski definition) is 1. The van der Waals surface area contributed by atoms with Gasteiger partial charge < -0.3 is 10.1 Å². The van der Waals surface area contributed by atoms with Crippen molar-refractivity contribution in [3.05, 3.63) is 0 Å². The molecular weight excluding hydrogens is 154 g/mol. The Hall–Kier alpha value is -0.570. The molecule has 0 aliphatic carbocycles. The molecule has 0 radical (unpaired) electrons. The zero-order valence-corrected chi connectivity index (χ0v) is 7.80. The number of carbonyl (C=O) groups excluding carboxylic acids is 1. The van der Waals surface area contributed by atoms with Crippen LogP contribution in [0.1, 0.15) is 26.7 Å². The molecular formula is C9H17NO2. The van der Waals surface area contributed by atoms with Crippen molar-refractivity contribution in [3.63, 3.8) is 0 Å². The average molecular weight is 171 g/mol. The van der Waals surface area contributed by atoms with E-state index in [0.29, 0.717) is 12.6 Å². The van der Waals surface area contributed by atoms with Crippen molar-refractivity contribution in [2.75, 3.05) is 13.2 Å². The van der Waals surface area contributed by atoms with E-state index in [-0.39, 0.29) is 11.8 Å². The van der Waals surface area contributed by atoms with Crippen LogP contribution in [0, 0.1) is 5.92 Å². The van der Waals surface area contributed by atoms with Crippen molar-refractivity contribution in [2.24, 2.45) is 5.92 Å². The van der Waals surface area contributed by atoms with Gasteiger partial charge in [-0.05, 0) is 12.8 Å². The van der Waals surface area contributed by atoms with Crippen LogP contribution in [0.2, 0.25) is 0 Å². The normalized spacial score (nSPS) is 21.1. The van der Waals surface area contributed by atoms with E-state index in [0.717, 1.165) is 19.4 Å². The smallest absolute Gasteiger partial charge is 0.223 e. The Labute approximate surface area is 73.5 Å². The van der Waals surface area contributed by atoms with E-state index in [1.54, 1.807) is 0 Å². The quantitative estimate of drug-likeness (QED) is 0.625. The maximum Gasteiger partial charge on any atom is 0.223 e. The van der Waals surface area contributed by atoms with Crippen LogP contribution in [-0.2, 0) is 9.53 Å². The van der Waals surface area contributed by atoms with Crippen molar-refractivity contribution in [1.82, 2.24) is 5.32 Å². The van der Waals surface area contributed by atoms with Crippen LogP contribution in [0.15, 0.2) is 0 Å². The predicted octanol–water partition coefficient (Wildman–Crippen LogP) is 0.938. The summed E-state index contributed by atoms with van der Waals surface area (Å²) in [4.78, 5) is 11.4. The minimum absolute atomic E-state index is 0.176. The molecule has 0 bridgehead atoms. The molecule has 3 nitrogen and oxygen atoms in total. The molecule has 0 aromatic heterocycles. The molecule has 1 heterocycles. The van der Waals surface area contributed by atoms with Gasteiger partial charge in [0, 0.05) is 12.5 Å². The lowest BCUT2D eigenvalue weighted by Crippen LogP contribution is -2.32. The second-order valence-corrected chi connectivity index (χ2v) is 3.21. The highest BCUT2D eigenvalue weighted by molar-refractivity contribution is 5.78. The van der Waals surface area contributed by atoms with Gasteiger partial charge in [-0.1, -0.05) is 13.8 Å². The Bertz CT molecular complexity index is 151. The van der Waals surface area contributed by atoms with Gasteiger partial charge in [-0.25, -0.2) is 0 Å². The van der Waals surface area contributed by atoms with Crippen LogP contribution in [0.25, 0.3) is 0 Å². The molecule has 0 spiro atoms. The van der Waals surface area contributed by atoms with Gasteiger partial charge in [-0.2, -0.15) is 0 Å². The lowest BCUT2D eigenvalue weighted by molar-refractivity contribution is -0.125. The first kappa shape index (κ1) is 9.52. The van der Waals surface area contributed by atoms with Crippen molar-refractivity contribution in [1.29, 1.82) is 0 Å². The zero-order valence-electron chi connectivity index (χ0n) is 7.80. The summed E-state index contributed by atoms with van der Waals surface area (Å²) in [7, 11) is 0. The predicted molar refractivity (Wildman–Crippen MR) is 46.8 cm³/mol. The standard InChI is InChI=1S/C9H17NO2/c1-3-7(4-2)9(11)10-5-8-6-12-8/h7-8H,3-6H2,1-2H3,(H,10,11). The fourth-order valence-corrected chi connectivity index (χ4v) is 1.20. The Kier molecular flexibility index (Phi) is 3.53. The van der Waals surface area contributed by atoms with Gasteiger partial charge in [-0.3, -0.25) is 4.79 Å². The van der Waals surface area contributed by atoms with Crippen molar-refractivity contribution in [2.45, 2.75) is 32.8 Å². The third kappa shape index (κ3) is 2.81. The summed E-state index contributed by atoms with van der Waals surface area (Å²) in [6, 6.07) is 0. The topological polar surface area (TPSA) is 41.6 Å². The molecule has 0 aromatic carbocycles. The second-order valence-electron chi connectivity index (χ2n) is 3.21. The maximum atomic E-state index is 11.4. The molecule has 0 aromatic rings. The molecule has 1 rings (SSSR count). The Morgan fingerprint density at radius 3 is 2.58 bits per heavy atom. The highest BCUT2D eigenvalue weighted by Crippen LogP contribution is 2.09. The molecule has 70 valence electrons. The molecule has 1 atom stereocenters. The molecule has 1 aliphatic heterocycles. The average Bonchev–Trinajstić information content (AvgIpc) is 2.86. The summed E-state index contributed by atoms with van der Waals surface area (Å²) in [6.45, 7) is 5.58. The minimum Gasteiger partial charge on any atom is -0.371 e. The van der Waals surface area contributed by atoms with Crippen LogP contribution in [0.4, 0.5) is 0 Å². The van der Waals surface area contributed by atoms with Gasteiger partial charge >= 0.3 is 0 Å². The SMILES string of the molecule is CCC(CC)C(=O)NCC1CO1. The number of nitrogens with one attached hydrogen (secondary N) is 1. The number of rotatable bonds is 5. The first-order valence-corrected chi connectivity index (χ1v) is 4.67. The van der Waals surface area contributed by atoms with Crippen LogP contribution >= 0.6 is 0 Å². The third-order valence-electron chi connectivity index (χ3n) is 2.26. The van der Waals surface area contributed by atoms with Gasteiger partial charge in [0.2, 0.25) is 5.91 Å². The second kappa shape index (κ2) is 4.45. The zero-order chi connectivity index (χ0) is 8.97. The van der Waals surface area contributed by atoms with E-state index in [2.05, 4.69) is 5.32 Å². The molecule has 0 saturated carbocycles. The van der Waals surface area contributed by atoms with Crippen LogP contribution < -0.4 is 5.32 Å². The number of carbonyl (C=O) groups is 1. The summed E-state index contributed by atoms with van der Waals surface area (Å²) >= 11 is 0. The summed E-state index contributed by atoms with van der Waals surface area (Å²) in [5.41, 5.74) is 0. The third-order valence-corrected chi connectivity index (χ3v) is 2.26. The molecule has 3 heteroatoms. The van der Waals surface area contributed by atoms with Crippen molar-refractivity contribution >= 4 is 5.91 Å². The molecule has 12 heavy (non-hydrogen) atoms. The van der Waals surface area contributed by atoms with Gasteiger partial charge in [0.25, 0.3) is 0 Å². The van der Waals surface area contributed by atoms with Crippen LogP contribution in [0.5, 0.6) is 0 Å². The lowest BCUT2D eigenvalue weighted by Gasteiger charge is -2.11. The van der Waals surface area contributed by atoms with Crippen molar-refractivity contribution < 1.29 is 9.53 Å². The highest BCUT2D eigenvalue weighted by Gasteiger charge is 2.24.